The quantitative estimate of drug-likeness (QED) is 0.857. The normalized spacial score (nSPS) is 10.5. The highest BCUT2D eigenvalue weighted by Crippen LogP contribution is 2.20. The van der Waals surface area contributed by atoms with Crippen molar-refractivity contribution in [3.63, 3.8) is 0 Å². The molecule has 0 saturated heterocycles. The summed E-state index contributed by atoms with van der Waals surface area (Å²) < 4.78 is 1.73. The molecule has 2 aromatic rings. The summed E-state index contributed by atoms with van der Waals surface area (Å²) in [6.45, 7) is 5.53. The summed E-state index contributed by atoms with van der Waals surface area (Å²) >= 11 is 0. The van der Waals surface area contributed by atoms with E-state index in [1.165, 1.54) is 6.20 Å². The molecule has 0 aliphatic rings. The Hall–Kier alpha value is -2.37. The minimum absolute atomic E-state index is 0.225. The van der Waals surface area contributed by atoms with Gasteiger partial charge in [0.1, 0.15) is 0 Å². The predicted octanol–water partition coefficient (Wildman–Crippen LogP) is 1.57. The molecule has 0 atom stereocenters. The standard InChI is InChI=1S/C13H17N5O/c1-7-11(5-10(14)6-15-7)13(19)16-12-8(2)17-18(4)9(12)3/h5-6H,14H2,1-4H3,(H,16,19). The van der Waals surface area contributed by atoms with E-state index in [2.05, 4.69) is 15.4 Å². The second kappa shape index (κ2) is 4.72. The number of hydrogen-bond acceptors (Lipinski definition) is 4. The summed E-state index contributed by atoms with van der Waals surface area (Å²) in [5.41, 5.74) is 9.66. The van der Waals surface area contributed by atoms with Gasteiger partial charge >= 0.3 is 0 Å². The first kappa shape index (κ1) is 13.1. The van der Waals surface area contributed by atoms with Crippen LogP contribution in [0.5, 0.6) is 0 Å². The molecule has 3 N–H and O–H groups in total. The molecule has 2 heterocycles. The third kappa shape index (κ3) is 2.42. The molecule has 0 fully saturated rings. The molecule has 2 aromatic heterocycles. The zero-order chi connectivity index (χ0) is 14.2. The zero-order valence-electron chi connectivity index (χ0n) is 11.5. The van der Waals surface area contributed by atoms with Crippen LogP contribution in [0.4, 0.5) is 11.4 Å². The Labute approximate surface area is 111 Å². The summed E-state index contributed by atoms with van der Waals surface area (Å²) in [4.78, 5) is 16.3. The van der Waals surface area contributed by atoms with Crippen LogP contribution >= 0.6 is 0 Å². The van der Waals surface area contributed by atoms with E-state index in [-0.39, 0.29) is 5.91 Å². The SMILES string of the molecule is Cc1ncc(N)cc1C(=O)Nc1c(C)nn(C)c1C. The number of aromatic nitrogens is 3. The Balaban J connectivity index is 2.33. The highest BCUT2D eigenvalue weighted by molar-refractivity contribution is 6.06. The number of amides is 1. The van der Waals surface area contributed by atoms with Crippen molar-refractivity contribution in [2.24, 2.45) is 7.05 Å². The summed E-state index contributed by atoms with van der Waals surface area (Å²) in [6, 6.07) is 1.62. The van der Waals surface area contributed by atoms with Gasteiger partial charge < -0.3 is 11.1 Å². The summed E-state index contributed by atoms with van der Waals surface area (Å²) in [6.07, 6.45) is 1.53. The molecule has 0 saturated carbocycles. The highest BCUT2D eigenvalue weighted by atomic mass is 16.1. The van der Waals surface area contributed by atoms with E-state index in [0.717, 1.165) is 17.1 Å². The van der Waals surface area contributed by atoms with Gasteiger partial charge in [-0.25, -0.2) is 0 Å². The van der Waals surface area contributed by atoms with Crippen LogP contribution in [0.25, 0.3) is 0 Å². The van der Waals surface area contributed by atoms with Gasteiger partial charge in [0.15, 0.2) is 0 Å². The van der Waals surface area contributed by atoms with Gasteiger partial charge in [0, 0.05) is 7.05 Å². The van der Waals surface area contributed by atoms with E-state index in [0.29, 0.717) is 16.9 Å². The van der Waals surface area contributed by atoms with Crippen LogP contribution in [0.3, 0.4) is 0 Å². The van der Waals surface area contributed by atoms with Crippen LogP contribution in [-0.4, -0.2) is 20.7 Å². The maximum Gasteiger partial charge on any atom is 0.257 e. The maximum atomic E-state index is 12.3. The maximum absolute atomic E-state index is 12.3. The largest absolute Gasteiger partial charge is 0.397 e. The first-order chi connectivity index (χ1) is 8.90. The van der Waals surface area contributed by atoms with Crippen molar-refractivity contribution in [1.29, 1.82) is 0 Å². The van der Waals surface area contributed by atoms with Crippen molar-refractivity contribution in [3.05, 3.63) is 34.9 Å². The molecule has 100 valence electrons. The molecule has 0 unspecified atom stereocenters. The number of nitrogens with zero attached hydrogens (tertiary/aromatic N) is 3. The second-order valence-electron chi connectivity index (χ2n) is 4.53. The van der Waals surface area contributed by atoms with Crippen molar-refractivity contribution in [2.75, 3.05) is 11.1 Å². The number of nitrogens with one attached hydrogen (secondary N) is 1. The van der Waals surface area contributed by atoms with Crippen LogP contribution < -0.4 is 11.1 Å². The molecule has 0 aliphatic heterocycles. The van der Waals surface area contributed by atoms with Crippen LogP contribution in [0.2, 0.25) is 0 Å². The topological polar surface area (TPSA) is 85.8 Å². The van der Waals surface area contributed by atoms with Crippen LogP contribution in [-0.2, 0) is 7.05 Å². The molecule has 0 radical (unpaired) electrons. The first-order valence-corrected chi connectivity index (χ1v) is 5.94. The van der Waals surface area contributed by atoms with Gasteiger partial charge in [0.2, 0.25) is 0 Å². The summed E-state index contributed by atoms with van der Waals surface area (Å²) in [5, 5.41) is 7.12. The van der Waals surface area contributed by atoms with Crippen molar-refractivity contribution in [2.45, 2.75) is 20.8 Å². The van der Waals surface area contributed by atoms with Gasteiger partial charge in [0.25, 0.3) is 5.91 Å². The molecule has 2 rings (SSSR count). The van der Waals surface area contributed by atoms with E-state index in [9.17, 15) is 4.79 Å². The Morgan fingerprint density at radius 3 is 2.58 bits per heavy atom. The van der Waals surface area contributed by atoms with E-state index < -0.39 is 0 Å². The Morgan fingerprint density at radius 2 is 2.00 bits per heavy atom. The average molecular weight is 259 g/mol. The van der Waals surface area contributed by atoms with Crippen molar-refractivity contribution < 1.29 is 4.79 Å². The fraction of sp³-hybridized carbons (Fsp3) is 0.308. The average Bonchev–Trinajstić information content (AvgIpc) is 2.59. The Bertz CT molecular complexity index is 645. The van der Waals surface area contributed by atoms with Gasteiger partial charge in [-0.3, -0.25) is 14.5 Å². The number of nitrogen functional groups attached to an aromatic ring is 1. The van der Waals surface area contributed by atoms with Gasteiger partial charge in [0.05, 0.1) is 40.2 Å². The molecule has 0 spiro atoms. The number of aryl methyl sites for hydroxylation is 3. The molecular weight excluding hydrogens is 242 g/mol. The van der Waals surface area contributed by atoms with Crippen molar-refractivity contribution in [1.82, 2.24) is 14.8 Å². The molecule has 0 aromatic carbocycles. The van der Waals surface area contributed by atoms with Crippen molar-refractivity contribution >= 4 is 17.3 Å². The van der Waals surface area contributed by atoms with E-state index in [1.54, 1.807) is 17.7 Å². The third-order valence-electron chi connectivity index (χ3n) is 3.10. The fourth-order valence-electron chi connectivity index (χ4n) is 1.91. The minimum Gasteiger partial charge on any atom is -0.397 e. The number of rotatable bonds is 2. The van der Waals surface area contributed by atoms with Gasteiger partial charge in [-0.2, -0.15) is 5.10 Å². The summed E-state index contributed by atoms with van der Waals surface area (Å²) in [7, 11) is 1.84. The number of hydrogen-bond donors (Lipinski definition) is 2. The van der Waals surface area contributed by atoms with Crippen LogP contribution in [0.15, 0.2) is 12.3 Å². The van der Waals surface area contributed by atoms with E-state index >= 15 is 0 Å². The lowest BCUT2D eigenvalue weighted by Gasteiger charge is -2.08. The first-order valence-electron chi connectivity index (χ1n) is 5.94. The molecular formula is C13H17N5O. The number of carbonyl (C=O) groups is 1. The van der Waals surface area contributed by atoms with Crippen molar-refractivity contribution in [3.8, 4) is 0 Å². The Kier molecular flexibility index (Phi) is 3.25. The second-order valence-corrected chi connectivity index (χ2v) is 4.53. The van der Waals surface area contributed by atoms with Gasteiger partial charge in [-0.1, -0.05) is 0 Å². The molecule has 1 amide bonds. The fourth-order valence-corrected chi connectivity index (χ4v) is 1.91. The molecule has 6 heteroatoms. The highest BCUT2D eigenvalue weighted by Gasteiger charge is 2.15. The molecule has 0 aliphatic carbocycles. The minimum atomic E-state index is -0.225. The molecule has 0 bridgehead atoms. The molecule has 6 nitrogen and oxygen atoms in total. The monoisotopic (exact) mass is 259 g/mol. The van der Waals surface area contributed by atoms with Gasteiger partial charge in [-0.05, 0) is 26.8 Å². The number of nitrogens with two attached hydrogens (primary N) is 1. The zero-order valence-corrected chi connectivity index (χ0v) is 11.5. The van der Waals surface area contributed by atoms with Crippen LogP contribution in [0.1, 0.15) is 27.4 Å². The predicted molar refractivity (Wildman–Crippen MR) is 74.0 cm³/mol. The lowest BCUT2D eigenvalue weighted by molar-refractivity contribution is 0.102. The third-order valence-corrected chi connectivity index (χ3v) is 3.10. The van der Waals surface area contributed by atoms with E-state index in [4.69, 9.17) is 5.73 Å². The van der Waals surface area contributed by atoms with Gasteiger partial charge in [-0.15, -0.1) is 0 Å². The van der Waals surface area contributed by atoms with Crippen LogP contribution in [0, 0.1) is 20.8 Å². The molecule has 19 heavy (non-hydrogen) atoms. The Morgan fingerprint density at radius 1 is 1.32 bits per heavy atom. The number of pyridine rings is 1. The van der Waals surface area contributed by atoms with E-state index in [1.807, 2.05) is 20.9 Å². The smallest absolute Gasteiger partial charge is 0.257 e. The lowest BCUT2D eigenvalue weighted by Crippen LogP contribution is -2.15. The number of carbonyl (C=O) groups excluding carboxylic acids is 1. The summed E-state index contributed by atoms with van der Waals surface area (Å²) in [5.74, 6) is -0.225. The number of anilines is 2. The lowest BCUT2D eigenvalue weighted by atomic mass is 10.1.